The van der Waals surface area contributed by atoms with Gasteiger partial charge in [-0.15, -0.1) is 0 Å². The van der Waals surface area contributed by atoms with Crippen LogP contribution in [0.3, 0.4) is 0 Å². The molecule has 3 rings (SSSR count). The summed E-state index contributed by atoms with van der Waals surface area (Å²) in [5.74, 6) is 0.108. The summed E-state index contributed by atoms with van der Waals surface area (Å²) in [6, 6.07) is 15.0. The first-order valence-electron chi connectivity index (χ1n) is 8.66. The van der Waals surface area contributed by atoms with Crippen LogP contribution in [0.2, 0.25) is 5.02 Å². The first kappa shape index (κ1) is 18.3. The molecule has 1 aliphatic rings. The maximum absolute atomic E-state index is 12.4. The predicted molar refractivity (Wildman–Crippen MR) is 105 cm³/mol. The minimum Gasteiger partial charge on any atom is -0.376 e. The molecule has 26 heavy (non-hydrogen) atoms. The fourth-order valence-electron chi connectivity index (χ4n) is 3.00. The van der Waals surface area contributed by atoms with Gasteiger partial charge in [-0.25, -0.2) is 0 Å². The average molecular weight is 372 g/mol. The molecule has 2 aromatic carbocycles. The summed E-state index contributed by atoms with van der Waals surface area (Å²) in [6.45, 7) is 4.75. The molecule has 1 heterocycles. The summed E-state index contributed by atoms with van der Waals surface area (Å²) in [4.78, 5) is 27.8. The van der Waals surface area contributed by atoms with Crippen molar-refractivity contribution in [1.29, 1.82) is 0 Å². The van der Waals surface area contributed by atoms with Crippen LogP contribution in [-0.4, -0.2) is 49.3 Å². The van der Waals surface area contributed by atoms with Crippen LogP contribution in [0.1, 0.15) is 17.3 Å². The fraction of sp³-hybridized carbons (Fsp3) is 0.300. The van der Waals surface area contributed by atoms with Crippen LogP contribution in [0.5, 0.6) is 0 Å². The molecule has 1 aliphatic heterocycles. The molecule has 5 nitrogen and oxygen atoms in total. The van der Waals surface area contributed by atoms with Crippen molar-refractivity contribution in [2.75, 3.05) is 42.9 Å². The number of ketones is 1. The Hall–Kier alpha value is -2.53. The van der Waals surface area contributed by atoms with Crippen LogP contribution in [0, 0.1) is 0 Å². The van der Waals surface area contributed by atoms with Crippen molar-refractivity contribution in [1.82, 2.24) is 4.90 Å². The van der Waals surface area contributed by atoms with E-state index in [2.05, 4.69) is 10.2 Å². The number of nitrogens with one attached hydrogen (secondary N) is 1. The molecule has 1 N–H and O–H groups in total. The molecule has 2 aromatic rings. The lowest BCUT2D eigenvalue weighted by molar-refractivity contribution is -0.129. The van der Waals surface area contributed by atoms with Crippen LogP contribution in [0.25, 0.3) is 0 Å². The first-order valence-corrected chi connectivity index (χ1v) is 9.04. The zero-order valence-electron chi connectivity index (χ0n) is 14.7. The lowest BCUT2D eigenvalue weighted by Crippen LogP contribution is -2.50. The number of anilines is 2. The van der Waals surface area contributed by atoms with E-state index >= 15 is 0 Å². The third-order valence-corrected chi connectivity index (χ3v) is 4.78. The summed E-state index contributed by atoms with van der Waals surface area (Å²) in [5.41, 5.74) is 2.59. The van der Waals surface area contributed by atoms with E-state index in [9.17, 15) is 9.59 Å². The van der Waals surface area contributed by atoms with Gasteiger partial charge in [0.15, 0.2) is 5.78 Å². The molecule has 0 saturated carbocycles. The highest BCUT2D eigenvalue weighted by Crippen LogP contribution is 2.20. The summed E-state index contributed by atoms with van der Waals surface area (Å²) >= 11 is 6.05. The molecule has 6 heteroatoms. The van der Waals surface area contributed by atoms with Gasteiger partial charge in [0.05, 0.1) is 6.54 Å². The van der Waals surface area contributed by atoms with E-state index in [0.717, 1.165) is 29.5 Å². The number of carbonyl (C=O) groups excluding carboxylic acids is 2. The SMILES string of the molecule is CC(=O)c1ccc(NCC(=O)N2CCN(c3cccc(Cl)c3)CC2)cc1. The van der Waals surface area contributed by atoms with Gasteiger partial charge in [0.25, 0.3) is 0 Å². The van der Waals surface area contributed by atoms with Gasteiger partial charge in [-0.1, -0.05) is 17.7 Å². The second-order valence-electron chi connectivity index (χ2n) is 6.33. The van der Waals surface area contributed by atoms with Crippen molar-refractivity contribution in [3.8, 4) is 0 Å². The van der Waals surface area contributed by atoms with Crippen LogP contribution in [0.4, 0.5) is 11.4 Å². The highest BCUT2D eigenvalue weighted by Gasteiger charge is 2.21. The Balaban J connectivity index is 1.48. The monoisotopic (exact) mass is 371 g/mol. The Labute approximate surface area is 158 Å². The van der Waals surface area contributed by atoms with Gasteiger partial charge in [-0.05, 0) is 49.4 Å². The number of halogens is 1. The minimum atomic E-state index is 0.0326. The largest absolute Gasteiger partial charge is 0.376 e. The number of hydrogen-bond donors (Lipinski definition) is 1. The van der Waals surface area contributed by atoms with Gasteiger partial charge >= 0.3 is 0 Å². The van der Waals surface area contributed by atoms with Crippen molar-refractivity contribution >= 4 is 34.7 Å². The van der Waals surface area contributed by atoms with E-state index < -0.39 is 0 Å². The van der Waals surface area contributed by atoms with Crippen molar-refractivity contribution in [2.24, 2.45) is 0 Å². The number of piperazine rings is 1. The molecule has 0 bridgehead atoms. The van der Waals surface area contributed by atoms with E-state index in [0.29, 0.717) is 18.7 Å². The Kier molecular flexibility index (Phi) is 5.78. The smallest absolute Gasteiger partial charge is 0.241 e. The fourth-order valence-corrected chi connectivity index (χ4v) is 3.18. The lowest BCUT2D eigenvalue weighted by atomic mass is 10.1. The maximum Gasteiger partial charge on any atom is 0.241 e. The summed E-state index contributed by atoms with van der Waals surface area (Å²) in [6.07, 6.45) is 0. The van der Waals surface area contributed by atoms with E-state index in [1.54, 1.807) is 12.1 Å². The van der Waals surface area contributed by atoms with Gasteiger partial charge in [0, 0.05) is 48.1 Å². The molecule has 0 aliphatic carbocycles. The normalized spacial score (nSPS) is 14.2. The van der Waals surface area contributed by atoms with Crippen LogP contribution in [-0.2, 0) is 4.79 Å². The molecule has 0 aromatic heterocycles. The quantitative estimate of drug-likeness (QED) is 0.819. The molecule has 0 unspecified atom stereocenters. The molecule has 1 fully saturated rings. The molecule has 0 radical (unpaired) electrons. The first-order chi connectivity index (χ1) is 12.5. The highest BCUT2D eigenvalue weighted by atomic mass is 35.5. The van der Waals surface area contributed by atoms with Gasteiger partial charge in [0.1, 0.15) is 0 Å². The number of benzene rings is 2. The average Bonchev–Trinajstić information content (AvgIpc) is 2.66. The van der Waals surface area contributed by atoms with Crippen molar-refractivity contribution in [2.45, 2.75) is 6.92 Å². The van der Waals surface area contributed by atoms with Crippen LogP contribution >= 0.6 is 11.6 Å². The minimum absolute atomic E-state index is 0.0326. The Morgan fingerprint density at radius 2 is 1.73 bits per heavy atom. The van der Waals surface area contributed by atoms with E-state index in [-0.39, 0.29) is 18.2 Å². The number of nitrogens with zero attached hydrogens (tertiary/aromatic N) is 2. The maximum atomic E-state index is 12.4. The Morgan fingerprint density at radius 3 is 2.35 bits per heavy atom. The Morgan fingerprint density at radius 1 is 1.04 bits per heavy atom. The van der Waals surface area contributed by atoms with E-state index in [1.165, 1.54) is 6.92 Å². The van der Waals surface area contributed by atoms with Gasteiger partial charge in [-0.3, -0.25) is 9.59 Å². The van der Waals surface area contributed by atoms with Gasteiger partial charge in [-0.2, -0.15) is 0 Å². The van der Waals surface area contributed by atoms with E-state index in [1.807, 2.05) is 41.3 Å². The summed E-state index contributed by atoms with van der Waals surface area (Å²) in [7, 11) is 0. The zero-order chi connectivity index (χ0) is 18.5. The van der Waals surface area contributed by atoms with Gasteiger partial charge in [0.2, 0.25) is 5.91 Å². The number of Topliss-reactive ketones (excluding diaryl/α,β-unsaturated/α-hetero) is 1. The molecule has 0 spiro atoms. The molecule has 1 saturated heterocycles. The summed E-state index contributed by atoms with van der Waals surface area (Å²) < 4.78 is 0. The number of rotatable bonds is 5. The highest BCUT2D eigenvalue weighted by molar-refractivity contribution is 6.30. The number of amides is 1. The lowest BCUT2D eigenvalue weighted by Gasteiger charge is -2.36. The van der Waals surface area contributed by atoms with Crippen molar-refractivity contribution < 1.29 is 9.59 Å². The molecule has 136 valence electrons. The number of hydrogen-bond acceptors (Lipinski definition) is 4. The van der Waals surface area contributed by atoms with Crippen LogP contribution < -0.4 is 10.2 Å². The Bertz CT molecular complexity index is 784. The van der Waals surface area contributed by atoms with E-state index in [4.69, 9.17) is 11.6 Å². The standard InChI is InChI=1S/C20H22ClN3O2/c1-15(25)16-5-7-18(8-6-16)22-14-20(26)24-11-9-23(10-12-24)19-4-2-3-17(21)13-19/h2-8,13,22H,9-12,14H2,1H3. The molecular formula is C20H22ClN3O2. The molecule has 1 amide bonds. The molecular weight excluding hydrogens is 350 g/mol. The predicted octanol–water partition coefficient (Wildman–Crippen LogP) is 3.30. The van der Waals surface area contributed by atoms with Crippen molar-refractivity contribution in [3.63, 3.8) is 0 Å². The van der Waals surface area contributed by atoms with Crippen molar-refractivity contribution in [3.05, 3.63) is 59.1 Å². The third-order valence-electron chi connectivity index (χ3n) is 4.54. The number of carbonyl (C=O) groups is 2. The van der Waals surface area contributed by atoms with Crippen LogP contribution in [0.15, 0.2) is 48.5 Å². The zero-order valence-corrected chi connectivity index (χ0v) is 15.5. The van der Waals surface area contributed by atoms with Gasteiger partial charge < -0.3 is 15.1 Å². The second-order valence-corrected chi connectivity index (χ2v) is 6.77. The summed E-state index contributed by atoms with van der Waals surface area (Å²) in [5, 5.41) is 3.85. The molecule has 0 atom stereocenters. The third kappa shape index (κ3) is 4.55. The second kappa shape index (κ2) is 8.23. The topological polar surface area (TPSA) is 52.7 Å².